The van der Waals surface area contributed by atoms with Crippen LogP contribution in [-0.4, -0.2) is 56.9 Å². The van der Waals surface area contributed by atoms with Crippen LogP contribution < -0.4 is 39.7 Å². The Hall–Kier alpha value is 2.11. The second-order valence-electron chi connectivity index (χ2n) is 1.22. The van der Waals surface area contributed by atoms with E-state index in [4.69, 9.17) is 39.5 Å². The normalized spacial score (nSPS) is 10.2. The third kappa shape index (κ3) is 1060. The Morgan fingerprint density at radius 3 is 0.471 bits per heavy atom. The van der Waals surface area contributed by atoms with Gasteiger partial charge in [0.05, 0.1) is 0 Å². The van der Waals surface area contributed by atoms with Crippen molar-refractivity contribution < 1.29 is 76.9 Å². The molecule has 0 saturated carbocycles. The van der Waals surface area contributed by atoms with Crippen LogP contribution in [-0.2, 0) is 37.2 Å². The third-order valence-corrected chi connectivity index (χ3v) is 0. The van der Waals surface area contributed by atoms with Crippen molar-refractivity contribution in [3.05, 3.63) is 0 Å². The van der Waals surface area contributed by atoms with Gasteiger partial charge in [-0.2, -0.15) is 0 Å². The SMILES string of the molecule is O=[Te](=O)([O-])[O-].O=[Te](=O)([O-])[O-].O=[Te](=O)([O-])[O-].[Li+].[V+5]. The molecule has 0 aliphatic carbocycles. The summed E-state index contributed by atoms with van der Waals surface area (Å²) in [5.41, 5.74) is 0. The average Bonchev–Trinajstić information content (AvgIpc) is 1.41. The fourth-order valence-electron chi connectivity index (χ4n) is 0. The van der Waals surface area contributed by atoms with Crippen molar-refractivity contribution in [3.63, 3.8) is 0 Å². The maximum absolute atomic E-state index is 8.63. The molecule has 96 valence electrons. The minimum atomic E-state index is -6.02. The van der Waals surface area contributed by atoms with Gasteiger partial charge in [0.25, 0.3) is 0 Å². The van der Waals surface area contributed by atoms with Gasteiger partial charge >= 0.3 is 134 Å². The van der Waals surface area contributed by atoms with E-state index in [9.17, 15) is 0 Å². The Morgan fingerprint density at radius 2 is 0.471 bits per heavy atom. The smallest absolute Gasteiger partial charge is 1.00 e. The van der Waals surface area contributed by atoms with Gasteiger partial charge < -0.3 is 0 Å². The summed E-state index contributed by atoms with van der Waals surface area (Å²) in [7, 11) is 0. The fourth-order valence-corrected chi connectivity index (χ4v) is 0. The quantitative estimate of drug-likeness (QED) is 0.226. The van der Waals surface area contributed by atoms with Crippen molar-refractivity contribution in [2.45, 2.75) is 0 Å². The van der Waals surface area contributed by atoms with Gasteiger partial charge in [0.15, 0.2) is 0 Å². The zero-order chi connectivity index (χ0) is 13.5. The van der Waals surface area contributed by atoms with Gasteiger partial charge in [-0.05, 0) is 0 Å². The van der Waals surface area contributed by atoms with Crippen LogP contribution in [0, 0.1) is 0 Å². The van der Waals surface area contributed by atoms with E-state index < -0.39 is 56.9 Å². The van der Waals surface area contributed by atoms with E-state index in [1.807, 2.05) is 0 Å². The molecule has 0 aromatic rings. The molecule has 0 radical (unpaired) electrons. The molecule has 0 heterocycles. The van der Waals surface area contributed by atoms with E-state index in [1.54, 1.807) is 0 Å². The molecular formula is LiO12Te3V. The maximum atomic E-state index is 8.63. The van der Waals surface area contributed by atoms with Gasteiger partial charge in [-0.25, -0.2) is 0 Å². The molecular weight excluding hydrogens is 633 g/mol. The predicted octanol–water partition coefficient (Wildman–Crippen LogP) is -12.0. The first-order chi connectivity index (χ1) is 6.00. The molecule has 0 aliphatic heterocycles. The Labute approximate surface area is 132 Å². The molecule has 0 unspecified atom stereocenters. The summed E-state index contributed by atoms with van der Waals surface area (Å²) >= 11 is -18.1. The first kappa shape index (κ1) is 31.5. The number of rotatable bonds is 0. The van der Waals surface area contributed by atoms with Gasteiger partial charge in [-0.3, -0.25) is 0 Å². The zero-order valence-electron chi connectivity index (χ0n) is 7.57. The number of hydrogen-bond acceptors (Lipinski definition) is 12. The molecule has 0 saturated heterocycles. The van der Waals surface area contributed by atoms with E-state index >= 15 is 0 Å². The van der Waals surface area contributed by atoms with Crippen molar-refractivity contribution in [1.29, 1.82) is 0 Å². The van der Waals surface area contributed by atoms with Gasteiger partial charge in [0.2, 0.25) is 0 Å². The Kier molecular flexibility index (Phi) is 24.3. The second-order valence-corrected chi connectivity index (χ2v) is 8.22. The summed E-state index contributed by atoms with van der Waals surface area (Å²) in [6.45, 7) is 0. The van der Waals surface area contributed by atoms with Crippen LogP contribution in [0.15, 0.2) is 0 Å². The van der Waals surface area contributed by atoms with Crippen LogP contribution in [0.3, 0.4) is 0 Å². The van der Waals surface area contributed by atoms with Gasteiger partial charge in [-0.1, -0.05) is 0 Å². The second kappa shape index (κ2) is 13.1. The Bertz CT molecular complexity index is 343. The summed E-state index contributed by atoms with van der Waals surface area (Å²) in [4.78, 5) is 0. The maximum Gasteiger partial charge on any atom is 5.00 e. The summed E-state index contributed by atoms with van der Waals surface area (Å²) in [5, 5.41) is 0. The summed E-state index contributed by atoms with van der Waals surface area (Å²) in [5.74, 6) is 0. The van der Waals surface area contributed by atoms with Gasteiger partial charge in [0.1, 0.15) is 0 Å². The Morgan fingerprint density at radius 1 is 0.471 bits per heavy atom. The fraction of sp³-hybridized carbons (Fsp3) is 0. The zero-order valence-corrected chi connectivity index (χ0v) is 16.0. The molecule has 0 N–H and O–H groups in total. The summed E-state index contributed by atoms with van der Waals surface area (Å²) < 4.78 is 104. The van der Waals surface area contributed by atoms with Gasteiger partial charge in [-0.15, -0.1) is 0 Å². The average molecular weight is 633 g/mol. The minimum Gasteiger partial charge on any atom is 1.00 e. The van der Waals surface area contributed by atoms with E-state index in [0.29, 0.717) is 0 Å². The topological polar surface area (TPSA) is 241 Å². The molecule has 0 aromatic carbocycles. The molecule has 0 spiro atoms. The summed E-state index contributed by atoms with van der Waals surface area (Å²) in [6.07, 6.45) is 0. The van der Waals surface area contributed by atoms with Crippen molar-refractivity contribution >= 4 is 56.9 Å². The van der Waals surface area contributed by atoms with Crippen molar-refractivity contribution in [3.8, 4) is 0 Å². The minimum absolute atomic E-state index is 0. The van der Waals surface area contributed by atoms with Crippen LogP contribution in [0.4, 0.5) is 0 Å². The molecule has 17 heavy (non-hydrogen) atoms. The van der Waals surface area contributed by atoms with Crippen molar-refractivity contribution in [2.75, 3.05) is 0 Å². The monoisotopic (exact) mass is 640 g/mol. The van der Waals surface area contributed by atoms with E-state index in [0.717, 1.165) is 0 Å². The first-order valence-electron chi connectivity index (χ1n) is 2.00. The van der Waals surface area contributed by atoms with Crippen LogP contribution >= 0.6 is 0 Å². The number of hydrogen-bond donors (Lipinski definition) is 0. The molecule has 0 aromatic heterocycles. The van der Waals surface area contributed by atoms with Crippen LogP contribution in [0.5, 0.6) is 0 Å². The van der Waals surface area contributed by atoms with Crippen LogP contribution in [0.2, 0.25) is 0 Å². The van der Waals surface area contributed by atoms with E-state index in [2.05, 4.69) is 0 Å². The van der Waals surface area contributed by atoms with E-state index in [1.165, 1.54) is 0 Å². The van der Waals surface area contributed by atoms with Crippen molar-refractivity contribution in [1.82, 2.24) is 0 Å². The molecule has 0 bridgehead atoms. The molecule has 0 fully saturated rings. The standard InChI is InChI=1S/Li.3H2O4Te.V/c;3*1-5(2,3)4;/h;3*(H2,1,2,3,4);/q+1;;;;+5/p-6. The molecule has 0 atom stereocenters. The van der Waals surface area contributed by atoms with E-state index in [-0.39, 0.29) is 37.4 Å². The predicted molar refractivity (Wildman–Crippen MR) is 21.4 cm³/mol. The molecule has 17 heteroatoms. The summed E-state index contributed by atoms with van der Waals surface area (Å²) in [6, 6.07) is 0. The largest absolute Gasteiger partial charge is 5.00 e. The Balaban J connectivity index is -0.0000000400. The molecule has 0 aliphatic rings. The van der Waals surface area contributed by atoms with Crippen LogP contribution in [0.25, 0.3) is 0 Å². The third-order valence-electron chi connectivity index (χ3n) is 0. The van der Waals surface area contributed by atoms with Crippen LogP contribution in [0.1, 0.15) is 0 Å². The molecule has 0 amide bonds. The first-order valence-corrected chi connectivity index (χ1v) is 13.4. The molecule has 12 nitrogen and oxygen atoms in total. The van der Waals surface area contributed by atoms with Gasteiger partial charge in [0, 0.05) is 0 Å². The molecule has 0 rings (SSSR count). The van der Waals surface area contributed by atoms with Crippen molar-refractivity contribution in [2.24, 2.45) is 0 Å².